The Hall–Kier alpha value is -6.78. The van der Waals surface area contributed by atoms with Crippen LogP contribution in [0.2, 0.25) is 0 Å². The number of anilines is 8. The Labute approximate surface area is 480 Å². The monoisotopic (exact) mass is 1050 g/mol. The maximum atomic E-state index is 2.81. The van der Waals surface area contributed by atoms with Crippen LogP contribution < -0.4 is 31.1 Å². The molecule has 2 unspecified atom stereocenters. The number of rotatable bonds is 5. The standard InChI is InChI=1S/C76H84BN3/c1-48-39-67-69-68(40-48)79(63-35-30-52(71(5,6)7)42-56(63)50-27-21-18-22-28-50)66-46-58-57(73(11,12)47-74(58,13)14)45-61(66)77(69)60-33-32-54(80-64-36-31-53(72(8,9)10)43-59(64)75(15)37-23-24-38-76(75,80)16)44-65(60)78(67)62-34-29-51(70(2,3)4)41-55(62)49-25-19-17-20-26-49/h17-22,25-36,39-46H,23-24,37-38,47H2,1-16H3. The van der Waals surface area contributed by atoms with E-state index in [0.717, 1.165) is 12.8 Å². The van der Waals surface area contributed by atoms with Gasteiger partial charge in [-0.3, -0.25) is 0 Å². The van der Waals surface area contributed by atoms with Gasteiger partial charge in [-0.2, -0.15) is 0 Å². The van der Waals surface area contributed by atoms with Crippen LogP contribution in [-0.2, 0) is 32.5 Å². The van der Waals surface area contributed by atoms with Gasteiger partial charge in [-0.15, -0.1) is 0 Å². The van der Waals surface area contributed by atoms with Crippen molar-refractivity contribution in [2.45, 2.75) is 181 Å². The number of aryl methyl sites for hydroxylation is 1. The zero-order valence-corrected chi connectivity index (χ0v) is 51.0. The molecule has 0 amide bonds. The van der Waals surface area contributed by atoms with Crippen LogP contribution >= 0.6 is 0 Å². The summed E-state index contributed by atoms with van der Waals surface area (Å²) in [5, 5.41) is 0. The summed E-state index contributed by atoms with van der Waals surface area (Å²) in [4.78, 5) is 8.22. The molecule has 406 valence electrons. The molecule has 3 heterocycles. The fourth-order valence-electron chi connectivity index (χ4n) is 15.9. The summed E-state index contributed by atoms with van der Waals surface area (Å²) < 4.78 is 0. The van der Waals surface area contributed by atoms with Crippen LogP contribution in [0.5, 0.6) is 0 Å². The Morgan fingerprint density at radius 2 is 0.887 bits per heavy atom. The topological polar surface area (TPSA) is 9.72 Å². The molecule has 5 aliphatic rings. The molecule has 4 heteroatoms. The summed E-state index contributed by atoms with van der Waals surface area (Å²) in [6.45, 7) is 38.6. The van der Waals surface area contributed by atoms with Gasteiger partial charge in [0.25, 0.3) is 6.71 Å². The lowest BCUT2D eigenvalue weighted by Crippen LogP contribution is -2.61. The number of fused-ring (bicyclic) bond motifs is 8. The molecule has 0 radical (unpaired) electrons. The molecule has 8 aromatic rings. The quantitative estimate of drug-likeness (QED) is 0.159. The lowest BCUT2D eigenvalue weighted by atomic mass is 9.33. The maximum Gasteiger partial charge on any atom is 0.252 e. The van der Waals surface area contributed by atoms with Crippen molar-refractivity contribution in [2.75, 3.05) is 14.7 Å². The van der Waals surface area contributed by atoms with Crippen molar-refractivity contribution >= 4 is 68.6 Å². The molecule has 0 N–H and O–H groups in total. The third-order valence-electron chi connectivity index (χ3n) is 20.3. The zero-order chi connectivity index (χ0) is 56.4. The van der Waals surface area contributed by atoms with Gasteiger partial charge in [-0.05, 0) is 187 Å². The summed E-state index contributed by atoms with van der Waals surface area (Å²) in [5.74, 6) is 0. The fraction of sp³-hybridized carbons (Fsp3) is 0.368. The summed E-state index contributed by atoms with van der Waals surface area (Å²) in [7, 11) is 0. The molecule has 2 atom stereocenters. The largest absolute Gasteiger partial charge is 0.334 e. The van der Waals surface area contributed by atoms with E-state index in [1.807, 2.05) is 0 Å². The lowest BCUT2D eigenvalue weighted by molar-refractivity contribution is 0.195. The summed E-state index contributed by atoms with van der Waals surface area (Å²) >= 11 is 0. The molecule has 1 saturated carbocycles. The van der Waals surface area contributed by atoms with Crippen LogP contribution in [0.3, 0.4) is 0 Å². The second kappa shape index (κ2) is 17.6. The zero-order valence-electron chi connectivity index (χ0n) is 51.0. The van der Waals surface area contributed by atoms with Crippen LogP contribution in [0.1, 0.15) is 175 Å². The minimum atomic E-state index is -0.112. The molecule has 3 nitrogen and oxygen atoms in total. The molecule has 0 aromatic heterocycles. The van der Waals surface area contributed by atoms with Gasteiger partial charge in [0.15, 0.2) is 0 Å². The maximum absolute atomic E-state index is 2.81. The van der Waals surface area contributed by atoms with E-state index in [-0.39, 0.29) is 44.7 Å². The van der Waals surface area contributed by atoms with Gasteiger partial charge in [0.05, 0.1) is 16.9 Å². The summed E-state index contributed by atoms with van der Waals surface area (Å²) in [5.41, 5.74) is 28.8. The summed E-state index contributed by atoms with van der Waals surface area (Å²) in [6.07, 6.45) is 5.92. The Kier molecular flexibility index (Phi) is 11.6. The van der Waals surface area contributed by atoms with E-state index in [1.54, 1.807) is 0 Å². The lowest BCUT2D eigenvalue weighted by Gasteiger charge is -2.51. The Bertz CT molecular complexity index is 3820. The molecule has 0 saturated heterocycles. The van der Waals surface area contributed by atoms with E-state index in [1.165, 1.54) is 142 Å². The number of hydrogen-bond donors (Lipinski definition) is 0. The highest BCUT2D eigenvalue weighted by atomic mass is 15.3. The molecule has 8 aromatic carbocycles. The average molecular weight is 1050 g/mol. The van der Waals surface area contributed by atoms with Gasteiger partial charge in [-0.1, -0.05) is 207 Å². The Morgan fingerprint density at radius 3 is 1.41 bits per heavy atom. The highest BCUT2D eigenvalue weighted by Gasteiger charge is 2.58. The van der Waals surface area contributed by atoms with Crippen molar-refractivity contribution < 1.29 is 0 Å². The van der Waals surface area contributed by atoms with Gasteiger partial charge in [-0.25, -0.2) is 0 Å². The van der Waals surface area contributed by atoms with Crippen LogP contribution in [0.25, 0.3) is 22.3 Å². The SMILES string of the molecule is Cc1cc2c3c(c1)N(c1ccc(C(C)(C)C)cc1-c1ccccc1)c1cc4c(cc1B3c1ccc(N3c5ccc(C(C)(C)C)cc5C5(C)CCCCC35C)cc1N2c1ccc(C(C)(C)C)cc1-c1ccccc1)C(C)(C)CC4(C)C. The van der Waals surface area contributed by atoms with E-state index < -0.39 is 0 Å². The van der Waals surface area contributed by atoms with Gasteiger partial charge < -0.3 is 14.7 Å². The normalized spacial score (nSPS) is 20.4. The van der Waals surface area contributed by atoms with Crippen molar-refractivity contribution in [1.29, 1.82) is 0 Å². The molecular weight excluding hydrogens is 966 g/mol. The fourth-order valence-corrected chi connectivity index (χ4v) is 15.9. The smallest absolute Gasteiger partial charge is 0.252 e. The average Bonchev–Trinajstić information content (AvgIpc) is 3.96. The first-order valence-corrected chi connectivity index (χ1v) is 30.1. The van der Waals surface area contributed by atoms with Crippen LogP contribution in [-0.4, -0.2) is 12.3 Å². The van der Waals surface area contributed by atoms with Gasteiger partial charge in [0.1, 0.15) is 0 Å². The predicted molar refractivity (Wildman–Crippen MR) is 346 cm³/mol. The van der Waals surface area contributed by atoms with E-state index in [0.29, 0.717) is 0 Å². The molecule has 80 heavy (non-hydrogen) atoms. The molecule has 2 aliphatic carbocycles. The van der Waals surface area contributed by atoms with Crippen LogP contribution in [0.15, 0.2) is 158 Å². The van der Waals surface area contributed by atoms with Crippen LogP contribution in [0.4, 0.5) is 45.5 Å². The molecule has 1 fully saturated rings. The minimum absolute atomic E-state index is 0.00253. The second-order valence-corrected chi connectivity index (χ2v) is 29.8. The molecule has 13 rings (SSSR count). The highest BCUT2D eigenvalue weighted by molar-refractivity contribution is 7.00. The van der Waals surface area contributed by atoms with Crippen LogP contribution in [0, 0.1) is 6.92 Å². The van der Waals surface area contributed by atoms with E-state index in [9.17, 15) is 0 Å². The summed E-state index contributed by atoms with van der Waals surface area (Å²) in [6, 6.07) is 62.7. The van der Waals surface area contributed by atoms with Gasteiger partial charge in [0.2, 0.25) is 0 Å². The van der Waals surface area contributed by atoms with E-state index >= 15 is 0 Å². The first-order chi connectivity index (χ1) is 37.7. The Balaban J connectivity index is 1.15. The molecule has 0 bridgehead atoms. The molecular formula is C76H84BN3. The first kappa shape index (κ1) is 52.6. The molecule has 3 aliphatic heterocycles. The van der Waals surface area contributed by atoms with Crippen molar-refractivity contribution in [2.24, 2.45) is 0 Å². The number of hydrogen-bond acceptors (Lipinski definition) is 3. The second-order valence-electron chi connectivity index (χ2n) is 29.8. The third kappa shape index (κ3) is 7.87. The van der Waals surface area contributed by atoms with E-state index in [2.05, 4.69) is 283 Å². The van der Waals surface area contributed by atoms with Gasteiger partial charge >= 0.3 is 0 Å². The third-order valence-corrected chi connectivity index (χ3v) is 20.3. The highest BCUT2D eigenvalue weighted by Crippen LogP contribution is 2.62. The minimum Gasteiger partial charge on any atom is -0.334 e. The Morgan fingerprint density at radius 1 is 0.412 bits per heavy atom. The predicted octanol–water partition coefficient (Wildman–Crippen LogP) is 19.0. The molecule has 0 spiro atoms. The number of nitrogens with zero attached hydrogens (tertiary/aromatic N) is 3. The first-order valence-electron chi connectivity index (χ1n) is 30.1. The van der Waals surface area contributed by atoms with Crippen molar-refractivity contribution in [3.63, 3.8) is 0 Å². The van der Waals surface area contributed by atoms with Crippen molar-refractivity contribution in [3.8, 4) is 22.3 Å². The number of benzene rings is 8. The van der Waals surface area contributed by atoms with Gasteiger partial charge in [0, 0.05) is 50.7 Å². The van der Waals surface area contributed by atoms with Crippen molar-refractivity contribution in [1.82, 2.24) is 0 Å². The van der Waals surface area contributed by atoms with Crippen molar-refractivity contribution in [3.05, 3.63) is 197 Å². The van der Waals surface area contributed by atoms with E-state index in [4.69, 9.17) is 0 Å².